The van der Waals surface area contributed by atoms with Gasteiger partial charge < -0.3 is 5.32 Å². The summed E-state index contributed by atoms with van der Waals surface area (Å²) in [7, 11) is 0. The molecule has 2 atom stereocenters. The smallest absolute Gasteiger partial charge is 0.282 e. The Kier molecular flexibility index (Phi) is 3.77. The van der Waals surface area contributed by atoms with Gasteiger partial charge in [0.05, 0.1) is 0 Å². The molecular formula is C14H22N4OS. The van der Waals surface area contributed by atoms with Crippen LogP contribution in [0.15, 0.2) is 0 Å². The average molecular weight is 294 g/mol. The number of rotatable bonds is 4. The van der Waals surface area contributed by atoms with Crippen molar-refractivity contribution in [3.05, 3.63) is 10.8 Å². The number of carbonyl (C=O) groups is 1. The highest BCUT2D eigenvalue weighted by Gasteiger charge is 2.33. The summed E-state index contributed by atoms with van der Waals surface area (Å²) >= 11 is 1.23. The van der Waals surface area contributed by atoms with E-state index in [2.05, 4.69) is 40.3 Å². The first kappa shape index (κ1) is 13.9. The molecule has 1 aromatic heterocycles. The number of carbonyl (C=O) groups excluding carboxylic acids is 1. The summed E-state index contributed by atoms with van der Waals surface area (Å²) < 4.78 is 4.30. The maximum absolute atomic E-state index is 12.3. The maximum Gasteiger partial charge on any atom is 0.282 e. The van der Waals surface area contributed by atoms with Crippen molar-refractivity contribution < 1.29 is 4.79 Å². The van der Waals surface area contributed by atoms with Crippen LogP contribution >= 0.6 is 11.5 Å². The second-order valence-corrected chi connectivity index (χ2v) is 7.09. The minimum absolute atomic E-state index is 0.0585. The molecule has 0 spiro atoms. The van der Waals surface area contributed by atoms with Crippen LogP contribution in [0, 0.1) is 5.92 Å². The van der Waals surface area contributed by atoms with Crippen LogP contribution in [0.1, 0.15) is 55.2 Å². The fraction of sp³-hybridized carbons (Fsp3) is 0.786. The molecule has 1 aromatic rings. The molecule has 1 saturated heterocycles. The highest BCUT2D eigenvalue weighted by molar-refractivity contribution is 7.07. The van der Waals surface area contributed by atoms with Crippen LogP contribution in [0.4, 0.5) is 0 Å². The molecular weight excluding hydrogens is 272 g/mol. The number of likely N-dealkylation sites (tertiary alicyclic amines) is 1. The Balaban J connectivity index is 1.60. The number of hydrogen-bond donors (Lipinski definition) is 1. The first-order valence-electron chi connectivity index (χ1n) is 7.43. The lowest BCUT2D eigenvalue weighted by Crippen LogP contribution is -2.40. The van der Waals surface area contributed by atoms with Gasteiger partial charge in [-0.2, -0.15) is 4.37 Å². The van der Waals surface area contributed by atoms with E-state index in [9.17, 15) is 4.79 Å². The van der Waals surface area contributed by atoms with Gasteiger partial charge in [-0.1, -0.05) is 6.92 Å². The highest BCUT2D eigenvalue weighted by atomic mass is 32.1. The number of amides is 1. The van der Waals surface area contributed by atoms with E-state index in [1.807, 2.05) is 0 Å². The van der Waals surface area contributed by atoms with Crippen molar-refractivity contribution in [3.8, 4) is 0 Å². The Morgan fingerprint density at radius 2 is 2.15 bits per heavy atom. The zero-order chi connectivity index (χ0) is 14.3. The molecule has 6 heteroatoms. The SMILES string of the molecule is CC(C)N1C[C@@H](C)[C@@H](NC(=O)c2nc(C3CC3)ns2)C1. The van der Waals surface area contributed by atoms with Crippen molar-refractivity contribution in [3.63, 3.8) is 0 Å². The molecule has 1 saturated carbocycles. The minimum Gasteiger partial charge on any atom is -0.346 e. The van der Waals surface area contributed by atoms with Gasteiger partial charge in [-0.25, -0.2) is 4.98 Å². The first-order chi connectivity index (χ1) is 9.54. The van der Waals surface area contributed by atoms with E-state index in [1.165, 1.54) is 24.4 Å². The van der Waals surface area contributed by atoms with Gasteiger partial charge in [-0.15, -0.1) is 0 Å². The predicted octanol–water partition coefficient (Wildman–Crippen LogP) is 1.87. The molecule has 1 amide bonds. The monoisotopic (exact) mass is 294 g/mol. The summed E-state index contributed by atoms with van der Waals surface area (Å²) in [6, 6.07) is 0.750. The molecule has 0 unspecified atom stereocenters. The summed E-state index contributed by atoms with van der Waals surface area (Å²) in [6.07, 6.45) is 2.33. The van der Waals surface area contributed by atoms with Crippen LogP contribution in [0.25, 0.3) is 0 Å². The van der Waals surface area contributed by atoms with Gasteiger partial charge in [0.2, 0.25) is 5.01 Å². The van der Waals surface area contributed by atoms with Gasteiger partial charge in [0.1, 0.15) is 5.82 Å². The van der Waals surface area contributed by atoms with Gasteiger partial charge >= 0.3 is 0 Å². The number of aromatic nitrogens is 2. The van der Waals surface area contributed by atoms with E-state index in [0.29, 0.717) is 22.9 Å². The van der Waals surface area contributed by atoms with Crippen molar-refractivity contribution in [2.75, 3.05) is 13.1 Å². The Hall–Kier alpha value is -1.01. The van der Waals surface area contributed by atoms with E-state index in [-0.39, 0.29) is 11.9 Å². The number of nitrogens with zero attached hydrogens (tertiary/aromatic N) is 3. The molecule has 5 nitrogen and oxygen atoms in total. The maximum atomic E-state index is 12.3. The van der Waals surface area contributed by atoms with Crippen molar-refractivity contribution in [2.45, 2.75) is 51.6 Å². The molecule has 1 N–H and O–H groups in total. The third-order valence-electron chi connectivity index (χ3n) is 4.27. The Labute approximate surface area is 123 Å². The van der Waals surface area contributed by atoms with E-state index in [4.69, 9.17) is 0 Å². The Bertz CT molecular complexity index is 497. The van der Waals surface area contributed by atoms with E-state index in [0.717, 1.165) is 18.9 Å². The van der Waals surface area contributed by atoms with Gasteiger partial charge in [0.25, 0.3) is 5.91 Å². The lowest BCUT2D eigenvalue weighted by molar-refractivity contribution is 0.0930. The van der Waals surface area contributed by atoms with Crippen molar-refractivity contribution in [1.82, 2.24) is 19.6 Å². The van der Waals surface area contributed by atoms with Crippen LogP contribution in [0.5, 0.6) is 0 Å². The van der Waals surface area contributed by atoms with Crippen LogP contribution in [-0.4, -0.2) is 45.3 Å². The van der Waals surface area contributed by atoms with Crippen molar-refractivity contribution >= 4 is 17.4 Å². The quantitative estimate of drug-likeness (QED) is 0.921. The molecule has 3 rings (SSSR count). The molecule has 0 radical (unpaired) electrons. The van der Waals surface area contributed by atoms with Crippen LogP contribution in [-0.2, 0) is 0 Å². The number of hydrogen-bond acceptors (Lipinski definition) is 5. The molecule has 1 aliphatic carbocycles. The standard InChI is InChI=1S/C14H22N4OS/c1-8(2)18-6-9(3)11(7-18)15-13(19)14-16-12(17-20-14)10-4-5-10/h8-11H,4-7H2,1-3H3,(H,15,19)/t9-,11+/m1/s1. The van der Waals surface area contributed by atoms with Gasteiger partial charge in [0, 0.05) is 31.1 Å². The van der Waals surface area contributed by atoms with Gasteiger partial charge in [-0.3, -0.25) is 9.69 Å². The van der Waals surface area contributed by atoms with Crippen LogP contribution in [0.2, 0.25) is 0 Å². The van der Waals surface area contributed by atoms with Crippen molar-refractivity contribution in [1.29, 1.82) is 0 Å². The summed E-state index contributed by atoms with van der Waals surface area (Å²) in [5.41, 5.74) is 0. The van der Waals surface area contributed by atoms with Crippen molar-refractivity contribution in [2.24, 2.45) is 5.92 Å². The predicted molar refractivity (Wildman–Crippen MR) is 79.0 cm³/mol. The normalized spacial score (nSPS) is 27.2. The first-order valence-corrected chi connectivity index (χ1v) is 8.20. The molecule has 110 valence electrons. The molecule has 2 heterocycles. The molecule has 2 fully saturated rings. The zero-order valence-corrected chi connectivity index (χ0v) is 13.1. The largest absolute Gasteiger partial charge is 0.346 e. The molecule has 0 aromatic carbocycles. The average Bonchev–Trinajstić information content (AvgIpc) is 3.01. The fourth-order valence-corrected chi connectivity index (χ4v) is 3.32. The summed E-state index contributed by atoms with van der Waals surface area (Å²) in [4.78, 5) is 19.0. The Morgan fingerprint density at radius 1 is 1.40 bits per heavy atom. The highest BCUT2D eigenvalue weighted by Crippen LogP contribution is 2.38. The van der Waals surface area contributed by atoms with E-state index in [1.54, 1.807) is 0 Å². The molecule has 0 bridgehead atoms. The molecule has 1 aliphatic heterocycles. The third-order valence-corrected chi connectivity index (χ3v) is 4.99. The van der Waals surface area contributed by atoms with Gasteiger partial charge in [0.15, 0.2) is 0 Å². The second kappa shape index (κ2) is 5.41. The van der Waals surface area contributed by atoms with E-state index >= 15 is 0 Å². The summed E-state index contributed by atoms with van der Waals surface area (Å²) in [5.74, 6) is 1.80. The lowest BCUT2D eigenvalue weighted by Gasteiger charge is -2.20. The zero-order valence-electron chi connectivity index (χ0n) is 12.3. The Morgan fingerprint density at radius 3 is 2.75 bits per heavy atom. The summed E-state index contributed by atoms with van der Waals surface area (Å²) in [5, 5.41) is 3.65. The van der Waals surface area contributed by atoms with Crippen LogP contribution in [0.3, 0.4) is 0 Å². The number of nitrogens with one attached hydrogen (secondary N) is 1. The second-order valence-electron chi connectivity index (χ2n) is 6.34. The molecule has 2 aliphatic rings. The van der Waals surface area contributed by atoms with Crippen LogP contribution < -0.4 is 5.32 Å². The lowest BCUT2D eigenvalue weighted by atomic mass is 10.1. The summed E-state index contributed by atoms with van der Waals surface area (Å²) in [6.45, 7) is 8.57. The third kappa shape index (κ3) is 2.86. The minimum atomic E-state index is -0.0585. The topological polar surface area (TPSA) is 58.1 Å². The van der Waals surface area contributed by atoms with E-state index < -0.39 is 0 Å². The molecule has 20 heavy (non-hydrogen) atoms. The van der Waals surface area contributed by atoms with Gasteiger partial charge in [-0.05, 0) is 44.1 Å². The fourth-order valence-electron chi connectivity index (χ4n) is 2.68.